The summed E-state index contributed by atoms with van der Waals surface area (Å²) in [4.78, 5) is 24.0. The SMILES string of the molecule is CC(c1ccc(F)c(F)c1)N(C)C(=O)CCCCNC(N)=O. The number of unbranched alkanes of at least 4 members (excludes halogenated alkanes) is 1. The maximum Gasteiger partial charge on any atom is 0.312 e. The normalized spacial score (nSPS) is 11.8. The second kappa shape index (κ2) is 8.31. The molecule has 122 valence electrons. The van der Waals surface area contributed by atoms with Crippen molar-refractivity contribution in [3.63, 3.8) is 0 Å². The summed E-state index contributed by atoms with van der Waals surface area (Å²) < 4.78 is 26.2. The van der Waals surface area contributed by atoms with Gasteiger partial charge in [0, 0.05) is 20.0 Å². The summed E-state index contributed by atoms with van der Waals surface area (Å²) >= 11 is 0. The zero-order chi connectivity index (χ0) is 16.7. The van der Waals surface area contributed by atoms with Gasteiger partial charge in [0.1, 0.15) is 0 Å². The third kappa shape index (κ3) is 5.31. The van der Waals surface area contributed by atoms with Gasteiger partial charge in [-0.1, -0.05) is 6.07 Å². The molecule has 1 aromatic rings. The Morgan fingerprint density at radius 3 is 2.55 bits per heavy atom. The summed E-state index contributed by atoms with van der Waals surface area (Å²) in [6.07, 6.45) is 1.56. The zero-order valence-electron chi connectivity index (χ0n) is 12.7. The van der Waals surface area contributed by atoms with E-state index in [1.807, 2.05) is 0 Å². The van der Waals surface area contributed by atoms with Crippen LogP contribution in [0.2, 0.25) is 0 Å². The Labute approximate surface area is 128 Å². The molecule has 1 unspecified atom stereocenters. The second-order valence-electron chi connectivity index (χ2n) is 5.10. The van der Waals surface area contributed by atoms with Crippen LogP contribution < -0.4 is 11.1 Å². The van der Waals surface area contributed by atoms with Gasteiger partial charge in [-0.25, -0.2) is 13.6 Å². The molecule has 22 heavy (non-hydrogen) atoms. The van der Waals surface area contributed by atoms with E-state index in [0.29, 0.717) is 31.4 Å². The quantitative estimate of drug-likeness (QED) is 0.758. The summed E-state index contributed by atoms with van der Waals surface area (Å²) in [6.45, 7) is 2.17. The number of carbonyl (C=O) groups excluding carboxylic acids is 2. The number of benzene rings is 1. The smallest absolute Gasteiger partial charge is 0.312 e. The highest BCUT2D eigenvalue weighted by Crippen LogP contribution is 2.21. The van der Waals surface area contributed by atoms with Crippen LogP contribution in [0.3, 0.4) is 0 Å². The van der Waals surface area contributed by atoms with Crippen molar-refractivity contribution in [2.75, 3.05) is 13.6 Å². The van der Waals surface area contributed by atoms with Crippen molar-refractivity contribution in [1.29, 1.82) is 0 Å². The van der Waals surface area contributed by atoms with E-state index < -0.39 is 17.7 Å². The number of hydrogen-bond donors (Lipinski definition) is 2. The number of hydrogen-bond acceptors (Lipinski definition) is 2. The van der Waals surface area contributed by atoms with E-state index in [-0.39, 0.29) is 11.9 Å². The Morgan fingerprint density at radius 1 is 1.27 bits per heavy atom. The van der Waals surface area contributed by atoms with Gasteiger partial charge in [0.2, 0.25) is 5.91 Å². The van der Waals surface area contributed by atoms with Crippen LogP contribution in [0.15, 0.2) is 18.2 Å². The Balaban J connectivity index is 2.47. The molecule has 3 N–H and O–H groups in total. The molecule has 1 aromatic carbocycles. The predicted octanol–water partition coefficient (Wildman–Crippen LogP) is 2.32. The second-order valence-corrected chi connectivity index (χ2v) is 5.10. The number of nitrogens with zero attached hydrogens (tertiary/aromatic N) is 1. The number of amides is 3. The summed E-state index contributed by atoms with van der Waals surface area (Å²) in [6, 6.07) is 2.67. The third-order valence-electron chi connectivity index (χ3n) is 3.52. The number of carbonyl (C=O) groups is 2. The monoisotopic (exact) mass is 313 g/mol. The van der Waals surface area contributed by atoms with E-state index >= 15 is 0 Å². The third-order valence-corrected chi connectivity index (χ3v) is 3.52. The highest BCUT2D eigenvalue weighted by molar-refractivity contribution is 5.76. The maximum atomic E-state index is 13.2. The number of nitrogens with one attached hydrogen (secondary N) is 1. The highest BCUT2D eigenvalue weighted by atomic mass is 19.2. The first-order chi connectivity index (χ1) is 10.3. The first-order valence-electron chi connectivity index (χ1n) is 7.07. The van der Waals surface area contributed by atoms with Gasteiger partial charge in [0.25, 0.3) is 0 Å². The molecule has 0 aliphatic rings. The van der Waals surface area contributed by atoms with E-state index in [1.165, 1.54) is 11.0 Å². The van der Waals surface area contributed by atoms with Crippen molar-refractivity contribution in [3.05, 3.63) is 35.4 Å². The molecule has 3 amide bonds. The molecule has 0 radical (unpaired) electrons. The predicted molar refractivity (Wildman–Crippen MR) is 79.0 cm³/mol. The van der Waals surface area contributed by atoms with Crippen molar-refractivity contribution in [3.8, 4) is 0 Å². The number of nitrogens with two attached hydrogens (primary N) is 1. The molecule has 0 saturated heterocycles. The number of primary amides is 1. The summed E-state index contributed by atoms with van der Waals surface area (Å²) in [5.41, 5.74) is 5.46. The van der Waals surface area contributed by atoms with Crippen LogP contribution in [0, 0.1) is 11.6 Å². The Bertz CT molecular complexity index is 538. The topological polar surface area (TPSA) is 75.4 Å². The molecule has 0 aromatic heterocycles. The molecule has 0 aliphatic heterocycles. The summed E-state index contributed by atoms with van der Waals surface area (Å²) in [5, 5.41) is 2.45. The van der Waals surface area contributed by atoms with Crippen LogP contribution in [-0.4, -0.2) is 30.4 Å². The highest BCUT2D eigenvalue weighted by Gasteiger charge is 2.18. The molecule has 7 heteroatoms. The maximum absolute atomic E-state index is 13.2. The molecular formula is C15H21F2N3O2. The molecule has 0 bridgehead atoms. The molecule has 0 heterocycles. The first kappa shape index (κ1) is 17.9. The first-order valence-corrected chi connectivity index (χ1v) is 7.07. The Morgan fingerprint density at radius 2 is 1.95 bits per heavy atom. The molecule has 1 rings (SSSR count). The number of urea groups is 1. The molecule has 0 aliphatic carbocycles. The lowest BCUT2D eigenvalue weighted by Crippen LogP contribution is -2.31. The van der Waals surface area contributed by atoms with Crippen LogP contribution in [0.4, 0.5) is 13.6 Å². The van der Waals surface area contributed by atoms with E-state index in [0.717, 1.165) is 12.1 Å². The van der Waals surface area contributed by atoms with E-state index in [1.54, 1.807) is 14.0 Å². The van der Waals surface area contributed by atoms with E-state index in [4.69, 9.17) is 5.73 Å². The van der Waals surface area contributed by atoms with E-state index in [9.17, 15) is 18.4 Å². The molecule has 5 nitrogen and oxygen atoms in total. The van der Waals surface area contributed by atoms with Crippen LogP contribution in [0.5, 0.6) is 0 Å². The largest absolute Gasteiger partial charge is 0.352 e. The van der Waals surface area contributed by atoms with Gasteiger partial charge in [-0.05, 0) is 37.5 Å². The van der Waals surface area contributed by atoms with Crippen LogP contribution >= 0.6 is 0 Å². The van der Waals surface area contributed by atoms with Gasteiger partial charge in [-0.15, -0.1) is 0 Å². The van der Waals surface area contributed by atoms with E-state index in [2.05, 4.69) is 5.32 Å². The molecule has 1 atom stereocenters. The average Bonchev–Trinajstić information content (AvgIpc) is 2.47. The lowest BCUT2D eigenvalue weighted by atomic mass is 10.1. The van der Waals surface area contributed by atoms with Crippen molar-refractivity contribution in [2.45, 2.75) is 32.2 Å². The summed E-state index contributed by atoms with van der Waals surface area (Å²) in [5.74, 6) is -1.94. The molecule has 0 saturated carbocycles. The van der Waals surface area contributed by atoms with Gasteiger partial charge in [-0.2, -0.15) is 0 Å². The standard InChI is InChI=1S/C15H21F2N3O2/c1-10(11-6-7-12(16)13(17)9-11)20(2)14(21)5-3-4-8-19-15(18)22/h6-7,9-10H,3-5,8H2,1-2H3,(H3,18,19,22). The van der Waals surface area contributed by atoms with Crippen molar-refractivity contribution in [2.24, 2.45) is 5.73 Å². The van der Waals surface area contributed by atoms with Crippen LogP contribution in [0.1, 0.15) is 37.8 Å². The van der Waals surface area contributed by atoms with Gasteiger partial charge < -0.3 is 16.0 Å². The van der Waals surface area contributed by atoms with Crippen molar-refractivity contribution < 1.29 is 18.4 Å². The van der Waals surface area contributed by atoms with Gasteiger partial charge in [0.15, 0.2) is 11.6 Å². The molecule has 0 fully saturated rings. The Kier molecular flexibility index (Phi) is 6.75. The molecule has 0 spiro atoms. The fourth-order valence-electron chi connectivity index (χ4n) is 2.00. The minimum atomic E-state index is -0.928. The number of halogens is 2. The van der Waals surface area contributed by atoms with Crippen LogP contribution in [-0.2, 0) is 4.79 Å². The molecular weight excluding hydrogens is 292 g/mol. The fourth-order valence-corrected chi connectivity index (χ4v) is 2.00. The van der Waals surface area contributed by atoms with Gasteiger partial charge >= 0.3 is 6.03 Å². The van der Waals surface area contributed by atoms with Crippen molar-refractivity contribution >= 4 is 11.9 Å². The fraction of sp³-hybridized carbons (Fsp3) is 0.467. The number of rotatable bonds is 7. The van der Waals surface area contributed by atoms with Crippen LogP contribution in [0.25, 0.3) is 0 Å². The minimum Gasteiger partial charge on any atom is -0.352 e. The van der Waals surface area contributed by atoms with Crippen molar-refractivity contribution in [1.82, 2.24) is 10.2 Å². The lowest BCUT2D eigenvalue weighted by Gasteiger charge is -2.25. The van der Waals surface area contributed by atoms with Gasteiger partial charge in [-0.3, -0.25) is 4.79 Å². The lowest BCUT2D eigenvalue weighted by molar-refractivity contribution is -0.131. The summed E-state index contributed by atoms with van der Waals surface area (Å²) in [7, 11) is 1.62. The Hall–Kier alpha value is -2.18. The average molecular weight is 313 g/mol. The zero-order valence-corrected chi connectivity index (χ0v) is 12.7. The van der Waals surface area contributed by atoms with Gasteiger partial charge in [0.05, 0.1) is 6.04 Å². The minimum absolute atomic E-state index is 0.101.